The highest BCUT2D eigenvalue weighted by Gasteiger charge is 2.22. The van der Waals surface area contributed by atoms with Gasteiger partial charge in [-0.2, -0.15) is 0 Å². The molecule has 92 valence electrons. The lowest BCUT2D eigenvalue weighted by Crippen LogP contribution is -2.19. The molecule has 0 saturated carbocycles. The summed E-state index contributed by atoms with van der Waals surface area (Å²) in [5, 5.41) is 8.58. The smallest absolute Gasteiger partial charge is 0.116 e. The Morgan fingerprint density at radius 3 is 2.53 bits per heavy atom. The van der Waals surface area contributed by atoms with Crippen molar-refractivity contribution in [2.45, 2.75) is 32.2 Å². The highest BCUT2D eigenvalue weighted by molar-refractivity contribution is 7.10. The Morgan fingerprint density at radius 1 is 1.29 bits per heavy atom. The maximum Gasteiger partial charge on any atom is 0.116 e. The van der Waals surface area contributed by atoms with E-state index in [1.165, 1.54) is 0 Å². The van der Waals surface area contributed by atoms with Crippen LogP contribution in [0.3, 0.4) is 0 Å². The van der Waals surface area contributed by atoms with Crippen LogP contribution in [0.15, 0.2) is 16.3 Å². The number of nitrogens with zero attached hydrogens (tertiary/aromatic N) is 2. The normalized spacial score (nSPS) is 13.9. The molecular formula is C12H17N3S2. The van der Waals surface area contributed by atoms with Gasteiger partial charge in [-0.15, -0.1) is 22.7 Å². The summed E-state index contributed by atoms with van der Waals surface area (Å²) in [6.45, 7) is 6.55. The molecule has 3 nitrogen and oxygen atoms in total. The first-order chi connectivity index (χ1) is 8.02. The van der Waals surface area contributed by atoms with Gasteiger partial charge in [0, 0.05) is 16.2 Å². The first kappa shape index (κ1) is 12.7. The number of hydrogen-bond donors (Lipinski definition) is 1. The van der Waals surface area contributed by atoms with Gasteiger partial charge in [-0.3, -0.25) is 0 Å². The molecule has 0 aliphatic heterocycles. The summed E-state index contributed by atoms with van der Waals surface area (Å²) in [7, 11) is 1.95. The fourth-order valence-corrected chi connectivity index (χ4v) is 3.27. The molecule has 0 saturated heterocycles. The summed E-state index contributed by atoms with van der Waals surface area (Å²) >= 11 is 3.31. The third kappa shape index (κ3) is 2.73. The fourth-order valence-electron chi connectivity index (χ4n) is 1.53. The first-order valence-corrected chi connectivity index (χ1v) is 7.36. The zero-order valence-corrected chi connectivity index (χ0v) is 12.2. The molecule has 0 radical (unpaired) electrons. The van der Waals surface area contributed by atoms with Gasteiger partial charge >= 0.3 is 0 Å². The van der Waals surface area contributed by atoms with Crippen molar-refractivity contribution in [2.24, 2.45) is 0 Å². The van der Waals surface area contributed by atoms with Crippen LogP contribution < -0.4 is 5.32 Å². The zero-order chi connectivity index (χ0) is 12.5. The van der Waals surface area contributed by atoms with Crippen LogP contribution in [0.1, 0.15) is 43.2 Å². The molecule has 0 amide bonds. The Hall–Kier alpha value is -0.780. The van der Waals surface area contributed by atoms with Crippen molar-refractivity contribution in [1.29, 1.82) is 0 Å². The van der Waals surface area contributed by atoms with Crippen LogP contribution in [0.2, 0.25) is 0 Å². The minimum absolute atomic E-state index is 0.106. The van der Waals surface area contributed by atoms with Crippen LogP contribution >= 0.6 is 22.7 Å². The van der Waals surface area contributed by atoms with Crippen LogP contribution in [0.4, 0.5) is 0 Å². The summed E-state index contributed by atoms with van der Waals surface area (Å²) in [6, 6.07) is 0.113. The van der Waals surface area contributed by atoms with E-state index in [4.69, 9.17) is 4.98 Å². The lowest BCUT2D eigenvalue weighted by atomic mass is 9.93. The topological polar surface area (TPSA) is 37.8 Å². The summed E-state index contributed by atoms with van der Waals surface area (Å²) in [4.78, 5) is 9.09. The van der Waals surface area contributed by atoms with Crippen molar-refractivity contribution in [3.05, 3.63) is 32.7 Å². The van der Waals surface area contributed by atoms with Gasteiger partial charge < -0.3 is 5.32 Å². The van der Waals surface area contributed by atoms with E-state index in [0.717, 1.165) is 16.4 Å². The Kier molecular flexibility index (Phi) is 3.61. The Morgan fingerprint density at radius 2 is 2.06 bits per heavy atom. The minimum Gasteiger partial charge on any atom is -0.306 e. The van der Waals surface area contributed by atoms with E-state index >= 15 is 0 Å². The highest BCUT2D eigenvalue weighted by Crippen LogP contribution is 2.29. The average molecular weight is 267 g/mol. The minimum atomic E-state index is 0.106. The van der Waals surface area contributed by atoms with E-state index < -0.39 is 0 Å². The number of nitrogens with one attached hydrogen (secondary N) is 1. The lowest BCUT2D eigenvalue weighted by Gasteiger charge is -2.15. The summed E-state index contributed by atoms with van der Waals surface area (Å²) < 4.78 is 0. The van der Waals surface area contributed by atoms with Crippen molar-refractivity contribution >= 4 is 22.7 Å². The molecule has 1 N–H and O–H groups in total. The molecule has 1 unspecified atom stereocenters. The van der Waals surface area contributed by atoms with Gasteiger partial charge in [-0.1, -0.05) is 20.8 Å². The molecular weight excluding hydrogens is 250 g/mol. The molecule has 0 aliphatic rings. The second kappa shape index (κ2) is 4.84. The third-order valence-corrected chi connectivity index (χ3v) is 4.09. The van der Waals surface area contributed by atoms with Gasteiger partial charge in [0.2, 0.25) is 0 Å². The van der Waals surface area contributed by atoms with E-state index in [1.54, 1.807) is 22.7 Å². The molecule has 2 aromatic rings. The molecule has 0 spiro atoms. The molecule has 2 heterocycles. The van der Waals surface area contributed by atoms with Crippen molar-refractivity contribution in [3.63, 3.8) is 0 Å². The van der Waals surface area contributed by atoms with Gasteiger partial charge in [0.25, 0.3) is 0 Å². The number of rotatable bonds is 3. The van der Waals surface area contributed by atoms with E-state index in [0.29, 0.717) is 0 Å². The highest BCUT2D eigenvalue weighted by atomic mass is 32.1. The summed E-state index contributed by atoms with van der Waals surface area (Å²) in [5.74, 6) is 0. The molecule has 5 heteroatoms. The molecule has 1 atom stereocenters. The molecule has 2 aromatic heterocycles. The van der Waals surface area contributed by atoms with Gasteiger partial charge in [-0.25, -0.2) is 9.97 Å². The molecule has 17 heavy (non-hydrogen) atoms. The average Bonchev–Trinajstić information content (AvgIpc) is 2.87. The monoisotopic (exact) mass is 267 g/mol. The second-order valence-corrected chi connectivity index (χ2v) is 6.56. The Bertz CT molecular complexity index is 468. The zero-order valence-electron chi connectivity index (χ0n) is 10.5. The molecule has 2 rings (SSSR count). The van der Waals surface area contributed by atoms with Crippen LogP contribution in [0.5, 0.6) is 0 Å². The Labute approximate surface area is 110 Å². The Balaban J connectivity index is 2.30. The third-order valence-electron chi connectivity index (χ3n) is 2.57. The molecule has 0 fully saturated rings. The van der Waals surface area contributed by atoms with Crippen molar-refractivity contribution < 1.29 is 0 Å². The standard InChI is InChI=1S/C12H17N3S2/c1-12(2,3)9-6-17-11(15-9)10(13-4)8-5-16-7-14-8/h5-7,10,13H,1-4H3. The largest absolute Gasteiger partial charge is 0.306 e. The SMILES string of the molecule is CNC(c1cscn1)c1nc(C(C)(C)C)cs1. The number of aromatic nitrogens is 2. The van der Waals surface area contributed by atoms with E-state index in [9.17, 15) is 0 Å². The van der Waals surface area contributed by atoms with Gasteiger partial charge in [0.05, 0.1) is 16.9 Å². The maximum atomic E-state index is 4.73. The van der Waals surface area contributed by atoms with Crippen LogP contribution in [-0.4, -0.2) is 17.0 Å². The summed E-state index contributed by atoms with van der Waals surface area (Å²) in [5.41, 5.74) is 4.16. The van der Waals surface area contributed by atoms with Crippen LogP contribution in [0, 0.1) is 0 Å². The predicted octanol–water partition coefficient (Wildman–Crippen LogP) is 3.21. The van der Waals surface area contributed by atoms with Gasteiger partial charge in [0.1, 0.15) is 11.0 Å². The van der Waals surface area contributed by atoms with Crippen LogP contribution in [0.25, 0.3) is 0 Å². The van der Waals surface area contributed by atoms with Gasteiger partial charge in [-0.05, 0) is 7.05 Å². The first-order valence-electron chi connectivity index (χ1n) is 5.53. The van der Waals surface area contributed by atoms with Gasteiger partial charge in [0.15, 0.2) is 0 Å². The number of thiazole rings is 2. The molecule has 0 aliphatic carbocycles. The van der Waals surface area contributed by atoms with E-state index in [-0.39, 0.29) is 11.5 Å². The molecule has 0 aromatic carbocycles. The van der Waals surface area contributed by atoms with Crippen molar-refractivity contribution in [3.8, 4) is 0 Å². The lowest BCUT2D eigenvalue weighted by molar-refractivity contribution is 0.565. The summed E-state index contributed by atoms with van der Waals surface area (Å²) in [6.07, 6.45) is 0. The predicted molar refractivity (Wildman–Crippen MR) is 73.8 cm³/mol. The fraction of sp³-hybridized carbons (Fsp3) is 0.500. The van der Waals surface area contributed by atoms with Crippen molar-refractivity contribution in [2.75, 3.05) is 7.05 Å². The number of hydrogen-bond acceptors (Lipinski definition) is 5. The van der Waals surface area contributed by atoms with E-state index in [1.807, 2.05) is 12.6 Å². The molecule has 0 bridgehead atoms. The van der Waals surface area contributed by atoms with Crippen molar-refractivity contribution in [1.82, 2.24) is 15.3 Å². The maximum absolute atomic E-state index is 4.73. The quantitative estimate of drug-likeness (QED) is 0.928. The van der Waals surface area contributed by atoms with E-state index in [2.05, 4.69) is 41.8 Å². The van der Waals surface area contributed by atoms with Crippen LogP contribution in [-0.2, 0) is 5.41 Å². The second-order valence-electron chi connectivity index (χ2n) is 4.96.